The normalized spacial score (nSPS) is 10.6. The number of carbonyl (C=O) groups excluding carboxylic acids is 1. The summed E-state index contributed by atoms with van der Waals surface area (Å²) in [7, 11) is 1.66. The molecule has 0 spiro atoms. The number of ether oxygens (including phenoxy) is 1. The number of aryl methyl sites for hydroxylation is 1. The summed E-state index contributed by atoms with van der Waals surface area (Å²) in [4.78, 5) is 11.3. The largest absolute Gasteiger partial charge is 0.494 e. The molecule has 0 fully saturated rings. The second-order valence-corrected chi connectivity index (χ2v) is 4.50. The molecule has 1 heterocycles. The molecule has 0 atom stereocenters. The Morgan fingerprint density at radius 3 is 2.95 bits per heavy atom. The predicted octanol–water partition coefficient (Wildman–Crippen LogP) is 2.57. The van der Waals surface area contributed by atoms with Crippen molar-refractivity contribution in [3.8, 4) is 5.75 Å². The van der Waals surface area contributed by atoms with E-state index in [0.717, 1.165) is 29.7 Å². The highest BCUT2D eigenvalue weighted by atomic mass is 16.5. The molecule has 4 nitrogen and oxygen atoms in total. The molecule has 2 aromatic rings. The van der Waals surface area contributed by atoms with Crippen LogP contribution in [-0.4, -0.2) is 24.1 Å². The average Bonchev–Trinajstić information content (AvgIpc) is 2.84. The standard InChI is InChI=1S/C15H20N2O2/c1-3-10-19-13-4-5-14-12(11-13)6-8-17(14)9-7-15(18)16-2/h4-6,8,11H,3,7,9-10H2,1-2H3,(H,16,18). The third kappa shape index (κ3) is 3.28. The van der Waals surface area contributed by atoms with Crippen molar-refractivity contribution in [1.29, 1.82) is 0 Å². The molecule has 1 N–H and O–H groups in total. The Hall–Kier alpha value is -1.97. The van der Waals surface area contributed by atoms with Gasteiger partial charge in [0, 0.05) is 37.1 Å². The summed E-state index contributed by atoms with van der Waals surface area (Å²) in [6, 6.07) is 8.12. The number of nitrogens with one attached hydrogen (secondary N) is 1. The minimum Gasteiger partial charge on any atom is -0.494 e. The zero-order chi connectivity index (χ0) is 13.7. The molecule has 0 aliphatic rings. The van der Waals surface area contributed by atoms with Gasteiger partial charge in [0.25, 0.3) is 0 Å². The SMILES string of the molecule is CCCOc1ccc2c(ccn2CCC(=O)NC)c1. The van der Waals surface area contributed by atoms with Crippen molar-refractivity contribution in [2.24, 2.45) is 0 Å². The Morgan fingerprint density at radius 1 is 1.37 bits per heavy atom. The van der Waals surface area contributed by atoms with Crippen molar-refractivity contribution in [3.05, 3.63) is 30.5 Å². The number of amides is 1. The van der Waals surface area contributed by atoms with E-state index in [9.17, 15) is 4.79 Å². The zero-order valence-electron chi connectivity index (χ0n) is 11.5. The van der Waals surface area contributed by atoms with Gasteiger partial charge >= 0.3 is 0 Å². The molecule has 0 radical (unpaired) electrons. The quantitative estimate of drug-likeness (QED) is 0.867. The van der Waals surface area contributed by atoms with E-state index in [1.54, 1.807) is 7.05 Å². The molecular formula is C15H20N2O2. The van der Waals surface area contributed by atoms with Gasteiger partial charge in [0.05, 0.1) is 6.61 Å². The van der Waals surface area contributed by atoms with Gasteiger partial charge in [0.2, 0.25) is 5.91 Å². The van der Waals surface area contributed by atoms with Crippen LogP contribution in [0.4, 0.5) is 0 Å². The van der Waals surface area contributed by atoms with E-state index >= 15 is 0 Å². The summed E-state index contributed by atoms with van der Waals surface area (Å²) in [5, 5.41) is 3.78. The minimum absolute atomic E-state index is 0.0600. The van der Waals surface area contributed by atoms with E-state index in [4.69, 9.17) is 4.74 Å². The van der Waals surface area contributed by atoms with E-state index in [-0.39, 0.29) is 5.91 Å². The molecule has 4 heteroatoms. The van der Waals surface area contributed by atoms with Gasteiger partial charge in [0.15, 0.2) is 0 Å². The molecule has 0 saturated heterocycles. The molecule has 102 valence electrons. The topological polar surface area (TPSA) is 43.3 Å². The number of fused-ring (bicyclic) bond motifs is 1. The summed E-state index contributed by atoms with van der Waals surface area (Å²) in [6.07, 6.45) is 3.51. The fraction of sp³-hybridized carbons (Fsp3) is 0.400. The Labute approximate surface area is 113 Å². The molecule has 0 aliphatic heterocycles. The fourth-order valence-electron chi connectivity index (χ4n) is 2.03. The van der Waals surface area contributed by atoms with Gasteiger partial charge in [-0.1, -0.05) is 6.92 Å². The first-order valence-corrected chi connectivity index (χ1v) is 6.67. The van der Waals surface area contributed by atoms with E-state index < -0.39 is 0 Å². The first-order valence-electron chi connectivity index (χ1n) is 6.67. The predicted molar refractivity (Wildman–Crippen MR) is 76.4 cm³/mol. The molecule has 0 aliphatic carbocycles. The van der Waals surface area contributed by atoms with E-state index in [1.807, 2.05) is 24.4 Å². The van der Waals surface area contributed by atoms with E-state index in [1.165, 1.54) is 0 Å². The highest BCUT2D eigenvalue weighted by Crippen LogP contribution is 2.22. The summed E-state index contributed by atoms with van der Waals surface area (Å²) < 4.78 is 7.71. The molecule has 0 bridgehead atoms. The second-order valence-electron chi connectivity index (χ2n) is 4.50. The van der Waals surface area contributed by atoms with Crippen LogP contribution in [0.15, 0.2) is 30.5 Å². The first-order chi connectivity index (χ1) is 9.24. The molecule has 0 unspecified atom stereocenters. The Bertz CT molecular complexity index is 560. The van der Waals surface area contributed by atoms with Crippen LogP contribution >= 0.6 is 0 Å². The molecule has 1 aromatic heterocycles. The zero-order valence-corrected chi connectivity index (χ0v) is 11.5. The summed E-state index contributed by atoms with van der Waals surface area (Å²) in [5.74, 6) is 0.961. The number of carbonyl (C=O) groups is 1. The van der Waals surface area contributed by atoms with Crippen molar-refractivity contribution in [2.45, 2.75) is 26.3 Å². The van der Waals surface area contributed by atoms with Crippen LogP contribution < -0.4 is 10.1 Å². The molecule has 0 saturated carbocycles. The van der Waals surface area contributed by atoms with Crippen LogP contribution in [0.25, 0.3) is 10.9 Å². The van der Waals surface area contributed by atoms with Gasteiger partial charge in [0.1, 0.15) is 5.75 Å². The van der Waals surface area contributed by atoms with E-state index in [0.29, 0.717) is 13.0 Å². The number of benzene rings is 1. The lowest BCUT2D eigenvalue weighted by molar-refractivity contribution is -0.120. The van der Waals surface area contributed by atoms with Gasteiger partial charge < -0.3 is 14.6 Å². The molecule has 2 rings (SSSR count). The van der Waals surface area contributed by atoms with Crippen molar-refractivity contribution < 1.29 is 9.53 Å². The molecule has 1 amide bonds. The number of rotatable bonds is 6. The lowest BCUT2D eigenvalue weighted by atomic mass is 10.2. The summed E-state index contributed by atoms with van der Waals surface area (Å²) in [5.41, 5.74) is 1.13. The highest BCUT2D eigenvalue weighted by molar-refractivity contribution is 5.82. The van der Waals surface area contributed by atoms with E-state index in [2.05, 4.69) is 22.9 Å². The van der Waals surface area contributed by atoms with Gasteiger partial charge in [-0.2, -0.15) is 0 Å². The molecular weight excluding hydrogens is 240 g/mol. The van der Waals surface area contributed by atoms with Crippen LogP contribution in [0.1, 0.15) is 19.8 Å². The molecule has 1 aromatic carbocycles. The van der Waals surface area contributed by atoms with Crippen molar-refractivity contribution >= 4 is 16.8 Å². The van der Waals surface area contributed by atoms with Gasteiger partial charge in [-0.05, 0) is 30.7 Å². The monoisotopic (exact) mass is 260 g/mol. The maximum absolute atomic E-state index is 11.3. The fourth-order valence-corrected chi connectivity index (χ4v) is 2.03. The first kappa shape index (κ1) is 13.5. The van der Waals surface area contributed by atoms with Crippen LogP contribution in [0.2, 0.25) is 0 Å². The maximum Gasteiger partial charge on any atom is 0.221 e. The highest BCUT2D eigenvalue weighted by Gasteiger charge is 2.04. The Balaban J connectivity index is 2.12. The Kier molecular flexibility index (Phi) is 4.44. The third-order valence-corrected chi connectivity index (χ3v) is 3.07. The third-order valence-electron chi connectivity index (χ3n) is 3.07. The van der Waals surface area contributed by atoms with Crippen molar-refractivity contribution in [1.82, 2.24) is 9.88 Å². The smallest absolute Gasteiger partial charge is 0.221 e. The number of hydrogen-bond donors (Lipinski definition) is 1. The number of nitrogens with zero attached hydrogens (tertiary/aromatic N) is 1. The number of aromatic nitrogens is 1. The summed E-state index contributed by atoms with van der Waals surface area (Å²) >= 11 is 0. The van der Waals surface area contributed by atoms with Crippen LogP contribution in [-0.2, 0) is 11.3 Å². The maximum atomic E-state index is 11.3. The summed E-state index contributed by atoms with van der Waals surface area (Å²) in [6.45, 7) is 3.52. The van der Waals surface area contributed by atoms with Crippen LogP contribution in [0.5, 0.6) is 5.75 Å². The van der Waals surface area contributed by atoms with Crippen molar-refractivity contribution in [2.75, 3.05) is 13.7 Å². The number of hydrogen-bond acceptors (Lipinski definition) is 2. The lowest BCUT2D eigenvalue weighted by Crippen LogP contribution is -2.19. The second kappa shape index (κ2) is 6.27. The van der Waals surface area contributed by atoms with Gasteiger partial charge in [-0.25, -0.2) is 0 Å². The lowest BCUT2D eigenvalue weighted by Gasteiger charge is -2.07. The van der Waals surface area contributed by atoms with Crippen LogP contribution in [0.3, 0.4) is 0 Å². The average molecular weight is 260 g/mol. The van der Waals surface area contributed by atoms with Gasteiger partial charge in [-0.3, -0.25) is 4.79 Å². The minimum atomic E-state index is 0.0600. The van der Waals surface area contributed by atoms with Crippen molar-refractivity contribution in [3.63, 3.8) is 0 Å². The molecule has 19 heavy (non-hydrogen) atoms. The Morgan fingerprint density at radius 2 is 2.21 bits per heavy atom. The van der Waals surface area contributed by atoms with Gasteiger partial charge in [-0.15, -0.1) is 0 Å². The van der Waals surface area contributed by atoms with Crippen LogP contribution in [0, 0.1) is 0 Å².